The maximum atomic E-state index is 13.1. The van der Waals surface area contributed by atoms with Crippen LogP contribution >= 0.6 is 0 Å². The molecule has 0 fully saturated rings. The Morgan fingerprint density at radius 2 is 1.77 bits per heavy atom. The van der Waals surface area contributed by atoms with Gasteiger partial charge in [0.05, 0.1) is 6.20 Å². The molecule has 1 heterocycles. The molecule has 0 radical (unpaired) electrons. The molecular formula is C15H11FN2O3S. The van der Waals surface area contributed by atoms with Gasteiger partial charge in [-0.25, -0.2) is 4.39 Å². The highest BCUT2D eigenvalue weighted by Gasteiger charge is 2.14. The van der Waals surface area contributed by atoms with Gasteiger partial charge >= 0.3 is 11.1 Å². The van der Waals surface area contributed by atoms with E-state index in [2.05, 4.69) is 9.97 Å². The lowest BCUT2D eigenvalue weighted by Crippen LogP contribution is -2.30. The molecule has 0 saturated carbocycles. The summed E-state index contributed by atoms with van der Waals surface area (Å²) >= 11 is -1.50. The molecule has 112 valence electrons. The Kier molecular flexibility index (Phi) is 3.82. The topological polar surface area (TPSA) is 88.8 Å². The van der Waals surface area contributed by atoms with Crippen LogP contribution in [0.5, 0.6) is 0 Å². The minimum atomic E-state index is -1.50. The monoisotopic (exact) mass is 318 g/mol. The molecule has 7 heteroatoms. The average Bonchev–Trinajstić information content (AvgIpc) is 2.50. The van der Waals surface area contributed by atoms with Gasteiger partial charge in [0, 0.05) is 16.7 Å². The smallest absolute Gasteiger partial charge is 0.317 e. The van der Waals surface area contributed by atoms with Crippen LogP contribution in [-0.4, -0.2) is 14.5 Å². The third kappa shape index (κ3) is 2.95. The van der Waals surface area contributed by atoms with E-state index in [1.807, 2.05) is 6.07 Å². The highest BCUT2D eigenvalue weighted by Crippen LogP contribution is 2.20. The Hall–Kier alpha value is -2.38. The van der Waals surface area contributed by atoms with Crippen molar-refractivity contribution in [3.05, 3.63) is 74.7 Å². The summed E-state index contributed by atoms with van der Waals surface area (Å²) in [5.74, 6) is -0.135. The average molecular weight is 318 g/mol. The van der Waals surface area contributed by atoms with Crippen LogP contribution in [0.3, 0.4) is 0 Å². The Morgan fingerprint density at radius 1 is 1.05 bits per heavy atom. The zero-order valence-corrected chi connectivity index (χ0v) is 12.1. The zero-order chi connectivity index (χ0) is 15.7. The number of rotatable bonds is 3. The summed E-state index contributed by atoms with van der Waals surface area (Å²) in [4.78, 5) is 26.8. The standard InChI is InChI=1S/C15H11FN2O3S/c16-12-4-3-10-5-9(1-2-11(10)6-12)8-22(21)13-7-17-14(19)15(20)18-13/h1-7H,8H2,(H,17,19)(H,18,20). The summed E-state index contributed by atoms with van der Waals surface area (Å²) in [7, 11) is 0. The fraction of sp³-hybridized carbons (Fsp3) is 0.0667. The van der Waals surface area contributed by atoms with Crippen LogP contribution in [0.2, 0.25) is 0 Å². The van der Waals surface area contributed by atoms with Crippen LogP contribution in [0.15, 0.2) is 57.2 Å². The number of hydrogen-bond donors (Lipinski definition) is 2. The number of halogens is 1. The van der Waals surface area contributed by atoms with Crippen molar-refractivity contribution in [3.63, 3.8) is 0 Å². The maximum absolute atomic E-state index is 13.1. The summed E-state index contributed by atoms with van der Waals surface area (Å²) in [6.45, 7) is 0. The minimum absolute atomic E-state index is 0.156. The van der Waals surface area contributed by atoms with Crippen LogP contribution in [0.25, 0.3) is 10.8 Å². The maximum Gasteiger partial charge on any atom is 0.317 e. The van der Waals surface area contributed by atoms with Gasteiger partial charge in [0.1, 0.15) is 11.6 Å². The van der Waals surface area contributed by atoms with Crippen molar-refractivity contribution >= 4 is 21.9 Å². The molecule has 1 atom stereocenters. The van der Waals surface area contributed by atoms with E-state index >= 15 is 0 Å². The van der Waals surface area contributed by atoms with E-state index in [9.17, 15) is 18.5 Å². The molecule has 0 aliphatic rings. The highest BCUT2D eigenvalue weighted by atomic mass is 32.2. The lowest BCUT2D eigenvalue weighted by molar-refractivity contribution is 0.589. The Bertz CT molecular complexity index is 951. The third-order valence-electron chi connectivity index (χ3n) is 3.19. The first-order valence-electron chi connectivity index (χ1n) is 6.41. The number of aromatic amines is 2. The Labute approximate surface area is 127 Å². The summed E-state index contributed by atoms with van der Waals surface area (Å²) in [5.41, 5.74) is -0.835. The summed E-state index contributed by atoms with van der Waals surface area (Å²) in [6.07, 6.45) is 1.23. The number of benzene rings is 2. The van der Waals surface area contributed by atoms with Gasteiger partial charge in [-0.05, 0) is 29.0 Å². The molecule has 5 nitrogen and oxygen atoms in total. The first-order chi connectivity index (χ1) is 10.5. The summed E-state index contributed by atoms with van der Waals surface area (Å²) < 4.78 is 25.4. The minimum Gasteiger partial charge on any atom is -0.610 e. The van der Waals surface area contributed by atoms with Crippen molar-refractivity contribution in [1.29, 1.82) is 0 Å². The van der Waals surface area contributed by atoms with E-state index < -0.39 is 22.3 Å². The summed E-state index contributed by atoms with van der Waals surface area (Å²) in [5, 5.41) is 1.75. The SMILES string of the molecule is O=c1[nH]cc([S+]([O-])Cc2ccc3cc(F)ccc3c2)[nH]c1=O. The second kappa shape index (κ2) is 5.78. The van der Waals surface area contributed by atoms with Crippen molar-refractivity contribution in [2.75, 3.05) is 0 Å². The van der Waals surface area contributed by atoms with Gasteiger partial charge in [0.2, 0.25) is 5.03 Å². The van der Waals surface area contributed by atoms with Crippen molar-refractivity contribution in [2.45, 2.75) is 10.8 Å². The number of aromatic nitrogens is 2. The largest absolute Gasteiger partial charge is 0.610 e. The molecule has 3 rings (SSSR count). The zero-order valence-electron chi connectivity index (χ0n) is 11.3. The van der Waals surface area contributed by atoms with Gasteiger partial charge in [-0.2, -0.15) is 0 Å². The van der Waals surface area contributed by atoms with Crippen LogP contribution < -0.4 is 11.1 Å². The first-order valence-corrected chi connectivity index (χ1v) is 7.73. The quantitative estimate of drug-likeness (QED) is 0.568. The van der Waals surface area contributed by atoms with Gasteiger partial charge in [0.15, 0.2) is 0 Å². The lowest BCUT2D eigenvalue weighted by Gasteiger charge is -2.10. The predicted molar refractivity (Wildman–Crippen MR) is 81.7 cm³/mol. The van der Waals surface area contributed by atoms with Gasteiger partial charge in [0.25, 0.3) is 0 Å². The molecule has 22 heavy (non-hydrogen) atoms. The van der Waals surface area contributed by atoms with Crippen LogP contribution in [-0.2, 0) is 16.9 Å². The molecule has 0 saturated heterocycles. The molecule has 0 spiro atoms. The van der Waals surface area contributed by atoms with Crippen LogP contribution in [0, 0.1) is 5.82 Å². The van der Waals surface area contributed by atoms with Gasteiger partial charge in [-0.15, -0.1) is 0 Å². The molecule has 3 aromatic rings. The number of nitrogens with one attached hydrogen (secondary N) is 2. The van der Waals surface area contributed by atoms with Gasteiger partial charge < -0.3 is 9.54 Å². The molecule has 0 aliphatic heterocycles. The normalized spacial score (nSPS) is 12.5. The first kappa shape index (κ1) is 14.6. The van der Waals surface area contributed by atoms with Crippen molar-refractivity contribution in [2.24, 2.45) is 0 Å². The van der Waals surface area contributed by atoms with Crippen molar-refractivity contribution in [3.8, 4) is 0 Å². The number of fused-ring (bicyclic) bond motifs is 1. The van der Waals surface area contributed by atoms with E-state index in [1.54, 1.807) is 18.2 Å². The van der Waals surface area contributed by atoms with E-state index in [4.69, 9.17) is 0 Å². The van der Waals surface area contributed by atoms with E-state index in [0.29, 0.717) is 0 Å². The molecule has 1 aromatic heterocycles. The second-order valence-electron chi connectivity index (χ2n) is 4.75. The summed E-state index contributed by atoms with van der Waals surface area (Å²) in [6, 6.07) is 9.76. The molecule has 1 unspecified atom stereocenters. The Morgan fingerprint density at radius 3 is 2.55 bits per heavy atom. The number of H-pyrrole nitrogens is 2. The number of hydrogen-bond acceptors (Lipinski definition) is 3. The molecule has 0 amide bonds. The fourth-order valence-corrected chi connectivity index (χ4v) is 3.14. The molecule has 0 bridgehead atoms. The van der Waals surface area contributed by atoms with Gasteiger partial charge in [-0.1, -0.05) is 18.2 Å². The van der Waals surface area contributed by atoms with Crippen molar-refractivity contribution in [1.82, 2.24) is 9.97 Å². The fourth-order valence-electron chi connectivity index (χ4n) is 2.11. The second-order valence-corrected chi connectivity index (χ2v) is 6.17. The lowest BCUT2D eigenvalue weighted by atomic mass is 10.1. The van der Waals surface area contributed by atoms with Crippen molar-refractivity contribution < 1.29 is 8.94 Å². The molecule has 2 aromatic carbocycles. The van der Waals surface area contributed by atoms with Crippen LogP contribution in [0.4, 0.5) is 4.39 Å². The molecule has 0 aliphatic carbocycles. The van der Waals surface area contributed by atoms with Gasteiger partial charge in [-0.3, -0.25) is 14.6 Å². The Balaban J connectivity index is 1.88. The molecular weight excluding hydrogens is 307 g/mol. The third-order valence-corrected chi connectivity index (χ3v) is 4.49. The van der Waals surface area contributed by atoms with Crippen LogP contribution in [0.1, 0.15) is 5.56 Å². The van der Waals surface area contributed by atoms with E-state index in [-0.39, 0.29) is 16.6 Å². The predicted octanol–water partition coefficient (Wildman–Crippen LogP) is 1.66. The molecule has 2 N–H and O–H groups in total. The highest BCUT2D eigenvalue weighted by molar-refractivity contribution is 7.90. The van der Waals surface area contributed by atoms with E-state index in [1.165, 1.54) is 18.3 Å². The van der Waals surface area contributed by atoms with E-state index in [0.717, 1.165) is 16.3 Å².